The molecule has 0 atom stereocenters. The van der Waals surface area contributed by atoms with Crippen molar-refractivity contribution in [3.8, 4) is 0 Å². The van der Waals surface area contributed by atoms with Gasteiger partial charge in [0.15, 0.2) is 0 Å². The molecule has 0 saturated heterocycles. The van der Waals surface area contributed by atoms with Gasteiger partial charge in [0.1, 0.15) is 0 Å². The van der Waals surface area contributed by atoms with Crippen molar-refractivity contribution in [2.24, 2.45) is 0 Å². The molecule has 0 bridgehead atoms. The summed E-state index contributed by atoms with van der Waals surface area (Å²) in [6, 6.07) is 9.85. The summed E-state index contributed by atoms with van der Waals surface area (Å²) in [5.41, 5.74) is 2.98. The smallest absolute Gasteiger partial charge is 0.0146 e. The minimum atomic E-state index is 1.22. The summed E-state index contributed by atoms with van der Waals surface area (Å²) in [4.78, 5) is 0. The van der Waals surface area contributed by atoms with Crippen molar-refractivity contribution >= 4 is 0 Å². The highest BCUT2D eigenvalue weighted by Crippen LogP contribution is 2.14. The predicted molar refractivity (Wildman–Crippen MR) is 67.1 cm³/mol. The topological polar surface area (TPSA) is 0 Å². The number of unbranched alkanes of at least 4 members (excludes halogenated alkanes) is 3. The van der Waals surface area contributed by atoms with E-state index < -0.39 is 0 Å². The Bertz CT molecular complexity index is 262. The van der Waals surface area contributed by atoms with E-state index in [4.69, 9.17) is 0 Å². The molecule has 0 aliphatic heterocycles. The average Bonchev–Trinajstić information content (AvgIpc) is 2.28. The Morgan fingerprint density at radius 3 is 2.53 bits per heavy atom. The fourth-order valence-corrected chi connectivity index (χ4v) is 1.89. The van der Waals surface area contributed by atoms with Crippen molar-refractivity contribution in [2.75, 3.05) is 0 Å². The Labute approximate surface area is 94.7 Å². The van der Waals surface area contributed by atoms with Gasteiger partial charge in [-0.05, 0) is 42.9 Å². The van der Waals surface area contributed by atoms with Gasteiger partial charge in [-0.15, -0.1) is 0 Å². The first-order valence-electron chi connectivity index (χ1n) is 6.37. The fourth-order valence-electron chi connectivity index (χ4n) is 1.89. The number of rotatable bonds is 7. The van der Waals surface area contributed by atoms with Gasteiger partial charge in [0.05, 0.1) is 0 Å². The first-order valence-corrected chi connectivity index (χ1v) is 6.37. The third-order valence-corrected chi connectivity index (χ3v) is 2.87. The maximum Gasteiger partial charge on any atom is -0.0146 e. The standard InChI is InChI=1S/C15H23/c1-3-5-7-11-15-13-9-8-12-14(15)10-6-4-2/h8-9,12H,3-7,10-11H2,1-2H3. The van der Waals surface area contributed by atoms with Gasteiger partial charge >= 0.3 is 0 Å². The van der Waals surface area contributed by atoms with E-state index in [-0.39, 0.29) is 0 Å². The lowest BCUT2D eigenvalue weighted by atomic mass is 9.98. The lowest BCUT2D eigenvalue weighted by molar-refractivity contribution is 0.707. The molecule has 0 nitrogen and oxygen atoms in total. The van der Waals surface area contributed by atoms with Crippen molar-refractivity contribution in [3.05, 3.63) is 35.4 Å². The monoisotopic (exact) mass is 203 g/mol. The molecule has 0 heteroatoms. The third-order valence-electron chi connectivity index (χ3n) is 2.87. The molecule has 0 amide bonds. The van der Waals surface area contributed by atoms with E-state index in [9.17, 15) is 0 Å². The molecular weight excluding hydrogens is 180 g/mol. The highest BCUT2D eigenvalue weighted by atomic mass is 14.1. The lowest BCUT2D eigenvalue weighted by Gasteiger charge is -2.08. The molecule has 1 rings (SSSR count). The van der Waals surface area contributed by atoms with E-state index in [2.05, 4.69) is 38.1 Å². The van der Waals surface area contributed by atoms with Crippen LogP contribution in [0.3, 0.4) is 0 Å². The van der Waals surface area contributed by atoms with Crippen LogP contribution in [0.15, 0.2) is 18.2 Å². The molecule has 83 valence electrons. The predicted octanol–water partition coefficient (Wildman–Crippen LogP) is 4.56. The van der Waals surface area contributed by atoms with Crippen LogP contribution in [0.1, 0.15) is 57.1 Å². The summed E-state index contributed by atoms with van der Waals surface area (Å²) in [6.45, 7) is 4.51. The maximum absolute atomic E-state index is 3.40. The molecule has 15 heavy (non-hydrogen) atoms. The Morgan fingerprint density at radius 2 is 1.80 bits per heavy atom. The molecule has 0 aromatic heterocycles. The van der Waals surface area contributed by atoms with E-state index in [0.29, 0.717) is 0 Å². The second kappa shape index (κ2) is 7.50. The highest BCUT2D eigenvalue weighted by Gasteiger charge is 2.00. The Balaban J connectivity index is 2.52. The second-order valence-electron chi connectivity index (χ2n) is 4.23. The van der Waals surface area contributed by atoms with Gasteiger partial charge in [-0.2, -0.15) is 0 Å². The van der Waals surface area contributed by atoms with Crippen LogP contribution >= 0.6 is 0 Å². The van der Waals surface area contributed by atoms with Crippen LogP contribution in [0.25, 0.3) is 0 Å². The molecule has 0 heterocycles. The summed E-state index contributed by atoms with van der Waals surface area (Å²) >= 11 is 0. The van der Waals surface area contributed by atoms with Crippen molar-refractivity contribution in [2.45, 2.75) is 58.8 Å². The SMILES string of the molecule is CCCCCc1[c]cccc1CCCC. The zero-order valence-electron chi connectivity index (χ0n) is 10.2. The summed E-state index contributed by atoms with van der Waals surface area (Å²) in [5.74, 6) is 0. The van der Waals surface area contributed by atoms with Gasteiger partial charge in [-0.3, -0.25) is 0 Å². The average molecular weight is 203 g/mol. The molecule has 1 radical (unpaired) electrons. The number of hydrogen-bond acceptors (Lipinski definition) is 0. The normalized spacial score (nSPS) is 10.5. The van der Waals surface area contributed by atoms with E-state index >= 15 is 0 Å². The summed E-state index contributed by atoms with van der Waals surface area (Å²) < 4.78 is 0. The number of benzene rings is 1. The maximum atomic E-state index is 3.40. The molecule has 1 aromatic rings. The lowest BCUT2D eigenvalue weighted by Crippen LogP contribution is -1.94. The van der Waals surface area contributed by atoms with E-state index in [1.54, 1.807) is 0 Å². The van der Waals surface area contributed by atoms with Crippen LogP contribution in [0.5, 0.6) is 0 Å². The second-order valence-corrected chi connectivity index (χ2v) is 4.23. The Hall–Kier alpha value is -0.780. The van der Waals surface area contributed by atoms with Crippen molar-refractivity contribution in [1.29, 1.82) is 0 Å². The van der Waals surface area contributed by atoms with Gasteiger partial charge in [-0.25, -0.2) is 0 Å². The van der Waals surface area contributed by atoms with Gasteiger partial charge in [0.2, 0.25) is 0 Å². The van der Waals surface area contributed by atoms with Crippen LogP contribution in [0.4, 0.5) is 0 Å². The molecule has 0 spiro atoms. The van der Waals surface area contributed by atoms with Crippen molar-refractivity contribution in [3.63, 3.8) is 0 Å². The minimum Gasteiger partial charge on any atom is -0.0654 e. The van der Waals surface area contributed by atoms with Crippen molar-refractivity contribution in [1.82, 2.24) is 0 Å². The molecule has 0 aliphatic rings. The van der Waals surface area contributed by atoms with Gasteiger partial charge in [-0.1, -0.05) is 51.3 Å². The Morgan fingerprint density at radius 1 is 1.00 bits per heavy atom. The third kappa shape index (κ3) is 4.51. The van der Waals surface area contributed by atoms with Gasteiger partial charge in [0.25, 0.3) is 0 Å². The zero-order chi connectivity index (χ0) is 10.9. The Kier molecular flexibility index (Phi) is 6.15. The first kappa shape index (κ1) is 12.3. The van der Waals surface area contributed by atoms with Crippen LogP contribution in [0, 0.1) is 6.07 Å². The zero-order valence-corrected chi connectivity index (χ0v) is 10.2. The van der Waals surface area contributed by atoms with Gasteiger partial charge in [0, 0.05) is 0 Å². The summed E-state index contributed by atoms with van der Waals surface area (Å²) in [7, 11) is 0. The van der Waals surface area contributed by atoms with E-state index in [0.717, 1.165) is 0 Å². The molecular formula is C15H23. The van der Waals surface area contributed by atoms with Crippen LogP contribution in [-0.2, 0) is 12.8 Å². The molecule has 0 unspecified atom stereocenters. The van der Waals surface area contributed by atoms with Crippen LogP contribution in [0.2, 0.25) is 0 Å². The van der Waals surface area contributed by atoms with Crippen molar-refractivity contribution < 1.29 is 0 Å². The fraction of sp³-hybridized carbons (Fsp3) is 0.600. The largest absolute Gasteiger partial charge is 0.0654 e. The van der Waals surface area contributed by atoms with E-state index in [1.807, 2.05) is 0 Å². The van der Waals surface area contributed by atoms with Crippen LogP contribution < -0.4 is 0 Å². The first-order chi connectivity index (χ1) is 7.38. The van der Waals surface area contributed by atoms with Crippen LogP contribution in [-0.4, -0.2) is 0 Å². The summed E-state index contributed by atoms with van der Waals surface area (Å²) in [5, 5.41) is 0. The highest BCUT2D eigenvalue weighted by molar-refractivity contribution is 5.26. The molecule has 0 aliphatic carbocycles. The minimum absolute atomic E-state index is 1.22. The van der Waals surface area contributed by atoms with E-state index in [1.165, 1.54) is 56.1 Å². The quantitative estimate of drug-likeness (QED) is 0.570. The van der Waals surface area contributed by atoms with Gasteiger partial charge < -0.3 is 0 Å². The number of aryl methyl sites for hydroxylation is 2. The molecule has 0 saturated carbocycles. The summed E-state index contributed by atoms with van der Waals surface area (Å²) in [6.07, 6.45) is 8.99. The number of hydrogen-bond donors (Lipinski definition) is 0. The molecule has 0 N–H and O–H groups in total. The molecule has 0 fully saturated rings. The molecule has 1 aromatic carbocycles.